The highest BCUT2D eigenvalue weighted by Gasteiger charge is 2.57. The summed E-state index contributed by atoms with van der Waals surface area (Å²) in [5.41, 5.74) is -1.88. The molecule has 1 fully saturated rings. The Kier molecular flexibility index (Phi) is 10.1. The molecule has 0 saturated carbocycles. The van der Waals surface area contributed by atoms with E-state index in [1.165, 1.54) is 25.2 Å². The minimum Gasteiger partial charge on any atom is -0.507 e. The highest BCUT2D eigenvalue weighted by Crippen LogP contribution is 2.38. The molecule has 1 aliphatic rings. The maximum absolute atomic E-state index is 12.7. The minimum absolute atomic E-state index is 0.0726. The van der Waals surface area contributed by atoms with Gasteiger partial charge in [-0.1, -0.05) is 37.0 Å². The van der Waals surface area contributed by atoms with Crippen LogP contribution in [0.15, 0.2) is 18.2 Å². The van der Waals surface area contributed by atoms with Crippen LogP contribution in [-0.2, 0) is 28.5 Å². The van der Waals surface area contributed by atoms with Crippen LogP contribution in [0.25, 0.3) is 0 Å². The number of carboxylic acids is 1. The van der Waals surface area contributed by atoms with Crippen LogP contribution in [0.5, 0.6) is 0 Å². The lowest BCUT2D eigenvalue weighted by atomic mass is 9.65. The van der Waals surface area contributed by atoms with Crippen molar-refractivity contribution < 1.29 is 38.4 Å². The Morgan fingerprint density at radius 2 is 1.86 bits per heavy atom. The number of Topliss-reactive ketones (excluding diaryl/α,β-unsaturated/α-hetero) is 1. The molecule has 190 valence electrons. The van der Waals surface area contributed by atoms with Gasteiger partial charge in [0.2, 0.25) is 5.91 Å². The maximum atomic E-state index is 12.7. The molecule has 0 bridgehead atoms. The molecule has 1 aromatic carbocycles. The third-order valence-corrected chi connectivity index (χ3v) is 5.93. The fourth-order valence-corrected chi connectivity index (χ4v) is 4.16. The van der Waals surface area contributed by atoms with Crippen molar-refractivity contribution in [1.82, 2.24) is 10.6 Å². The topological polar surface area (TPSA) is 148 Å². The number of amides is 2. The first-order chi connectivity index (χ1) is 16.4. The average molecular weight is 529 g/mol. The maximum Gasteiger partial charge on any atom is 0.531 e. The van der Waals surface area contributed by atoms with Gasteiger partial charge in [0.05, 0.1) is 30.0 Å². The Bertz CT molecular complexity index is 1010. The molecule has 0 unspecified atom stereocenters. The standard InChI is InChI=1S/C22H27BCl2N2O8/c1-12(2)6-13(7-15(28)11-27-20(32)16-8-14(24)4-5-17(16)25)23-34-21(33)22(35-23,10-19(30)31)9-18(29)26-3/h4-5,8,12-13H,6-7,9-11H2,1-3H3,(H,26,29)(H,27,32)(H,30,31)/t13-,22-/m1/s1. The van der Waals surface area contributed by atoms with Crippen LogP contribution in [-0.4, -0.2) is 61.0 Å². The second-order valence-corrected chi connectivity index (χ2v) is 9.59. The second kappa shape index (κ2) is 12.4. The van der Waals surface area contributed by atoms with Crippen molar-refractivity contribution in [3.05, 3.63) is 33.8 Å². The van der Waals surface area contributed by atoms with Crippen LogP contribution in [0.4, 0.5) is 0 Å². The number of ketones is 1. The first-order valence-electron chi connectivity index (χ1n) is 10.9. The number of carbonyl (C=O) groups excluding carboxylic acids is 4. The molecule has 0 spiro atoms. The summed E-state index contributed by atoms with van der Waals surface area (Å²) < 4.78 is 11.1. The van der Waals surface area contributed by atoms with E-state index >= 15 is 0 Å². The number of hydrogen-bond acceptors (Lipinski definition) is 7. The zero-order valence-electron chi connectivity index (χ0n) is 19.6. The second-order valence-electron chi connectivity index (χ2n) is 8.75. The van der Waals surface area contributed by atoms with Crippen LogP contribution in [0.2, 0.25) is 15.9 Å². The molecule has 0 aliphatic carbocycles. The molecule has 1 aliphatic heterocycles. The van der Waals surface area contributed by atoms with Crippen LogP contribution in [0.3, 0.4) is 0 Å². The molecular formula is C22H27BCl2N2O8. The molecule has 2 amide bonds. The number of rotatable bonds is 12. The van der Waals surface area contributed by atoms with Gasteiger partial charge in [0.25, 0.3) is 5.91 Å². The SMILES string of the molecule is CNC(=O)C[C@]1(CC(=O)O)OB([C@@H](CC(=O)CNC(=O)c2cc(Cl)ccc2Cl)CC(C)C)OC1=O. The van der Waals surface area contributed by atoms with Gasteiger partial charge in [0.15, 0.2) is 11.4 Å². The van der Waals surface area contributed by atoms with Crippen LogP contribution >= 0.6 is 23.2 Å². The molecule has 1 aromatic rings. The first-order valence-corrected chi connectivity index (χ1v) is 11.7. The summed E-state index contributed by atoms with van der Waals surface area (Å²) in [7, 11) is 0.121. The molecule has 0 aromatic heterocycles. The largest absolute Gasteiger partial charge is 0.531 e. The van der Waals surface area contributed by atoms with E-state index in [-0.39, 0.29) is 35.3 Å². The number of aliphatic carboxylic acids is 1. The summed E-state index contributed by atoms with van der Waals surface area (Å²) in [6.07, 6.45) is -1.03. The van der Waals surface area contributed by atoms with Gasteiger partial charge >= 0.3 is 19.1 Å². The minimum atomic E-state index is -1.99. The van der Waals surface area contributed by atoms with Crippen molar-refractivity contribution in [3.8, 4) is 0 Å². The molecule has 2 atom stereocenters. The van der Waals surface area contributed by atoms with E-state index in [2.05, 4.69) is 10.6 Å². The lowest BCUT2D eigenvalue weighted by molar-refractivity contribution is -0.154. The molecule has 13 heteroatoms. The van der Waals surface area contributed by atoms with Gasteiger partial charge in [-0.2, -0.15) is 0 Å². The smallest absolute Gasteiger partial charge is 0.507 e. The number of carbonyl (C=O) groups is 5. The molecule has 1 heterocycles. The van der Waals surface area contributed by atoms with E-state index in [0.717, 1.165) is 0 Å². The molecule has 3 N–H and O–H groups in total. The van der Waals surface area contributed by atoms with Gasteiger partial charge in [0.1, 0.15) is 0 Å². The molecular weight excluding hydrogens is 502 g/mol. The zero-order valence-corrected chi connectivity index (χ0v) is 21.1. The van der Waals surface area contributed by atoms with E-state index in [4.69, 9.17) is 32.5 Å². The van der Waals surface area contributed by atoms with Crippen LogP contribution in [0, 0.1) is 5.92 Å². The zero-order chi connectivity index (χ0) is 26.3. The summed E-state index contributed by atoms with van der Waals surface area (Å²) in [6.45, 7) is 3.47. The Labute approximate surface area is 213 Å². The quantitative estimate of drug-likeness (QED) is 0.350. The molecule has 0 radical (unpaired) electrons. The Hall–Kier alpha value is -2.63. The van der Waals surface area contributed by atoms with Gasteiger partial charge in [-0.3, -0.25) is 24.0 Å². The average Bonchev–Trinajstić information content (AvgIpc) is 3.07. The van der Waals surface area contributed by atoms with Crippen LogP contribution in [0.1, 0.15) is 49.9 Å². The van der Waals surface area contributed by atoms with Crippen molar-refractivity contribution in [2.45, 2.75) is 50.9 Å². The van der Waals surface area contributed by atoms with E-state index in [1.54, 1.807) is 0 Å². The molecule has 10 nitrogen and oxygen atoms in total. The summed E-state index contributed by atoms with van der Waals surface area (Å²) in [6, 6.07) is 4.37. The van der Waals surface area contributed by atoms with Crippen molar-refractivity contribution in [2.75, 3.05) is 13.6 Å². The molecule has 1 saturated heterocycles. The number of benzene rings is 1. The van der Waals surface area contributed by atoms with Gasteiger partial charge in [0, 0.05) is 24.3 Å². The van der Waals surface area contributed by atoms with Crippen molar-refractivity contribution in [3.63, 3.8) is 0 Å². The normalized spacial score (nSPS) is 18.2. The fraction of sp³-hybridized carbons (Fsp3) is 0.500. The summed E-state index contributed by atoms with van der Waals surface area (Å²) in [4.78, 5) is 61.1. The van der Waals surface area contributed by atoms with Crippen LogP contribution < -0.4 is 10.6 Å². The summed E-state index contributed by atoms with van der Waals surface area (Å²) in [5, 5.41) is 14.6. The lowest BCUT2D eigenvalue weighted by Gasteiger charge is -2.24. The van der Waals surface area contributed by atoms with Gasteiger partial charge in [-0.05, 0) is 30.5 Å². The summed E-state index contributed by atoms with van der Waals surface area (Å²) >= 11 is 11.9. The molecule has 2 rings (SSSR count). The molecule has 35 heavy (non-hydrogen) atoms. The van der Waals surface area contributed by atoms with Gasteiger partial charge in [-0.25, -0.2) is 0 Å². The number of nitrogens with one attached hydrogen (secondary N) is 2. The van der Waals surface area contributed by atoms with Gasteiger partial charge < -0.3 is 25.0 Å². The third kappa shape index (κ3) is 7.94. The Morgan fingerprint density at radius 1 is 1.17 bits per heavy atom. The van der Waals surface area contributed by atoms with E-state index in [1.807, 2.05) is 13.8 Å². The highest BCUT2D eigenvalue weighted by molar-refractivity contribution is 6.51. The van der Waals surface area contributed by atoms with Gasteiger partial charge in [-0.15, -0.1) is 0 Å². The van der Waals surface area contributed by atoms with E-state index in [9.17, 15) is 29.1 Å². The van der Waals surface area contributed by atoms with Crippen molar-refractivity contribution in [2.24, 2.45) is 5.92 Å². The highest BCUT2D eigenvalue weighted by atomic mass is 35.5. The number of carboxylic acid groups (broad SMARTS) is 1. The number of halogens is 2. The van der Waals surface area contributed by atoms with E-state index < -0.39 is 55.1 Å². The predicted octanol–water partition coefficient (Wildman–Crippen LogP) is 2.51. The Balaban J connectivity index is 2.12. The monoisotopic (exact) mass is 528 g/mol. The lowest BCUT2D eigenvalue weighted by Crippen LogP contribution is -2.44. The van der Waals surface area contributed by atoms with Crippen molar-refractivity contribution >= 4 is 59.9 Å². The third-order valence-electron chi connectivity index (χ3n) is 5.37. The fourth-order valence-electron chi connectivity index (χ4n) is 3.79. The van der Waals surface area contributed by atoms with E-state index in [0.29, 0.717) is 11.4 Å². The van der Waals surface area contributed by atoms with Crippen molar-refractivity contribution in [1.29, 1.82) is 0 Å². The first kappa shape index (κ1) is 28.6. The predicted molar refractivity (Wildman–Crippen MR) is 128 cm³/mol. The number of hydrogen-bond donors (Lipinski definition) is 3. The Morgan fingerprint density at radius 3 is 2.46 bits per heavy atom. The summed E-state index contributed by atoms with van der Waals surface area (Å²) in [5.74, 6) is -4.42.